The number of nitrogens with two attached hydrogens (primary N) is 1. The third-order valence-electron chi connectivity index (χ3n) is 7.72. The van der Waals surface area contributed by atoms with Crippen molar-refractivity contribution in [2.24, 2.45) is 11.7 Å². The number of likely N-dealkylation sites (tertiary alicyclic amines) is 1. The van der Waals surface area contributed by atoms with Gasteiger partial charge in [-0.05, 0) is 56.0 Å². The van der Waals surface area contributed by atoms with Gasteiger partial charge in [0.1, 0.15) is 0 Å². The first-order chi connectivity index (χ1) is 17.6. The summed E-state index contributed by atoms with van der Waals surface area (Å²) >= 11 is 0. The molecule has 2 amide bonds. The summed E-state index contributed by atoms with van der Waals surface area (Å²) in [5.74, 6) is -0.0761. The second-order valence-electron chi connectivity index (χ2n) is 10.4. The summed E-state index contributed by atoms with van der Waals surface area (Å²) in [5.41, 5.74) is 9.26. The Hall–Kier alpha value is -2.86. The molecule has 0 aliphatic carbocycles. The van der Waals surface area contributed by atoms with Crippen LogP contribution >= 0.6 is 0 Å². The van der Waals surface area contributed by atoms with Gasteiger partial charge in [-0.2, -0.15) is 0 Å². The zero-order valence-corrected chi connectivity index (χ0v) is 21.6. The lowest BCUT2D eigenvalue weighted by molar-refractivity contribution is -0.133. The molecular formula is C30H42N4O2. The van der Waals surface area contributed by atoms with Gasteiger partial charge in [0.2, 0.25) is 11.8 Å². The number of carbonyl (C=O) groups is 2. The minimum absolute atomic E-state index is 0.0515. The van der Waals surface area contributed by atoms with Crippen molar-refractivity contribution in [1.82, 2.24) is 9.80 Å². The number of nitrogens with zero attached hydrogens (tertiary/aromatic N) is 3. The predicted octanol–water partition coefficient (Wildman–Crippen LogP) is 4.57. The van der Waals surface area contributed by atoms with Crippen LogP contribution < -0.4 is 10.6 Å². The third kappa shape index (κ3) is 7.57. The highest BCUT2D eigenvalue weighted by Crippen LogP contribution is 2.26. The van der Waals surface area contributed by atoms with Crippen LogP contribution in [0, 0.1) is 5.92 Å². The summed E-state index contributed by atoms with van der Waals surface area (Å²) in [6.07, 6.45) is 8.63. The van der Waals surface area contributed by atoms with Crippen LogP contribution in [0.15, 0.2) is 54.6 Å². The molecule has 0 atom stereocenters. The van der Waals surface area contributed by atoms with E-state index >= 15 is 0 Å². The summed E-state index contributed by atoms with van der Waals surface area (Å²) in [5, 5.41) is 0. The number of amides is 2. The predicted molar refractivity (Wildman–Crippen MR) is 145 cm³/mol. The number of hydrogen-bond donors (Lipinski definition) is 1. The van der Waals surface area contributed by atoms with Crippen molar-refractivity contribution in [3.05, 3.63) is 65.7 Å². The second kappa shape index (κ2) is 13.4. The average Bonchev–Trinajstić information content (AvgIpc) is 2.91. The van der Waals surface area contributed by atoms with Gasteiger partial charge < -0.3 is 15.5 Å². The van der Waals surface area contributed by atoms with Gasteiger partial charge in [-0.3, -0.25) is 14.5 Å². The first-order valence-corrected chi connectivity index (χ1v) is 13.8. The molecule has 2 heterocycles. The molecule has 6 heteroatoms. The van der Waals surface area contributed by atoms with Gasteiger partial charge in [-0.15, -0.1) is 0 Å². The smallest absolute Gasteiger partial charge is 0.237 e. The van der Waals surface area contributed by atoms with Crippen molar-refractivity contribution in [3.8, 4) is 0 Å². The van der Waals surface area contributed by atoms with E-state index in [1.54, 1.807) is 0 Å². The van der Waals surface area contributed by atoms with E-state index in [-0.39, 0.29) is 17.7 Å². The average molecular weight is 491 g/mol. The first-order valence-electron chi connectivity index (χ1n) is 13.8. The summed E-state index contributed by atoms with van der Waals surface area (Å²) in [6, 6.07) is 19.3. The standard InChI is InChI=1S/C30H42N4O2/c31-30(36)26-16-20-32(21-17-26)24-29(35)34-19-11-4-2-1-3-10-18-33(22-25-12-6-5-7-13-25)28-15-9-8-14-27(28)23-34/h5-9,12-15,26H,1-4,10-11,16-24H2,(H2,31,36). The van der Waals surface area contributed by atoms with Crippen molar-refractivity contribution in [3.63, 3.8) is 0 Å². The van der Waals surface area contributed by atoms with Gasteiger partial charge in [0.25, 0.3) is 0 Å². The van der Waals surface area contributed by atoms with Crippen LogP contribution in [0.25, 0.3) is 0 Å². The molecule has 2 N–H and O–H groups in total. The highest BCUT2D eigenvalue weighted by atomic mass is 16.2. The fourth-order valence-corrected chi connectivity index (χ4v) is 5.52. The van der Waals surface area contributed by atoms with Crippen molar-refractivity contribution < 1.29 is 9.59 Å². The normalized spacial score (nSPS) is 19.0. The quantitative estimate of drug-likeness (QED) is 0.666. The summed E-state index contributed by atoms with van der Waals surface area (Å²) in [7, 11) is 0. The number of hydrogen-bond acceptors (Lipinski definition) is 4. The van der Waals surface area contributed by atoms with Gasteiger partial charge in [-0.25, -0.2) is 0 Å². The largest absolute Gasteiger partial charge is 0.369 e. The Morgan fingerprint density at radius 3 is 2.14 bits per heavy atom. The zero-order chi connectivity index (χ0) is 25.2. The number of para-hydroxylation sites is 1. The molecule has 0 aromatic heterocycles. The number of rotatable bonds is 5. The van der Waals surface area contributed by atoms with Crippen LogP contribution in [0.5, 0.6) is 0 Å². The van der Waals surface area contributed by atoms with E-state index in [0.29, 0.717) is 13.1 Å². The van der Waals surface area contributed by atoms with Gasteiger partial charge in [0.15, 0.2) is 0 Å². The molecule has 2 aliphatic rings. The van der Waals surface area contributed by atoms with Crippen molar-refractivity contribution in [2.75, 3.05) is 37.6 Å². The van der Waals surface area contributed by atoms with Crippen LogP contribution in [0.2, 0.25) is 0 Å². The molecule has 0 spiro atoms. The zero-order valence-electron chi connectivity index (χ0n) is 21.6. The minimum Gasteiger partial charge on any atom is -0.369 e. The summed E-state index contributed by atoms with van der Waals surface area (Å²) in [6.45, 7) is 5.27. The maximum atomic E-state index is 13.5. The van der Waals surface area contributed by atoms with Gasteiger partial charge in [0.05, 0.1) is 6.54 Å². The maximum Gasteiger partial charge on any atom is 0.237 e. The Morgan fingerprint density at radius 1 is 0.778 bits per heavy atom. The molecule has 0 radical (unpaired) electrons. The molecule has 0 saturated carbocycles. The van der Waals surface area contributed by atoms with Crippen LogP contribution in [0.1, 0.15) is 62.5 Å². The number of anilines is 1. The molecule has 194 valence electrons. The van der Waals surface area contributed by atoms with E-state index in [1.165, 1.54) is 48.9 Å². The summed E-state index contributed by atoms with van der Waals surface area (Å²) in [4.78, 5) is 31.8. The van der Waals surface area contributed by atoms with Crippen molar-refractivity contribution in [1.29, 1.82) is 0 Å². The Kier molecular flexibility index (Phi) is 9.79. The third-order valence-corrected chi connectivity index (χ3v) is 7.72. The molecule has 2 aliphatic heterocycles. The lowest BCUT2D eigenvalue weighted by atomic mass is 9.96. The van der Waals surface area contributed by atoms with E-state index in [9.17, 15) is 9.59 Å². The number of piperidine rings is 1. The number of primary amides is 1. The highest BCUT2D eigenvalue weighted by molar-refractivity contribution is 5.79. The topological polar surface area (TPSA) is 69.9 Å². The Morgan fingerprint density at radius 2 is 1.42 bits per heavy atom. The van der Waals surface area contributed by atoms with Crippen molar-refractivity contribution >= 4 is 17.5 Å². The highest BCUT2D eigenvalue weighted by Gasteiger charge is 2.26. The number of fused-ring (bicyclic) bond motifs is 1. The van der Waals surface area contributed by atoms with Crippen LogP contribution in [-0.2, 0) is 22.7 Å². The maximum absolute atomic E-state index is 13.5. The molecule has 0 bridgehead atoms. The van der Waals surface area contributed by atoms with E-state index in [0.717, 1.165) is 52.0 Å². The van der Waals surface area contributed by atoms with E-state index < -0.39 is 0 Å². The molecule has 1 saturated heterocycles. The molecule has 2 aromatic carbocycles. The SMILES string of the molecule is NC(=O)C1CCN(CC(=O)N2CCCCCCCCN(Cc3ccccc3)c3ccccc3C2)CC1. The molecule has 4 rings (SSSR count). The van der Waals surface area contributed by atoms with Crippen molar-refractivity contribution in [2.45, 2.75) is 64.5 Å². The van der Waals surface area contributed by atoms with Crippen LogP contribution in [0.4, 0.5) is 5.69 Å². The van der Waals surface area contributed by atoms with E-state index in [2.05, 4.69) is 69.3 Å². The Balaban J connectivity index is 1.50. The Bertz CT molecular complexity index is 972. The van der Waals surface area contributed by atoms with Crippen LogP contribution in [0.3, 0.4) is 0 Å². The summed E-state index contributed by atoms with van der Waals surface area (Å²) < 4.78 is 0. The number of benzene rings is 2. The lowest BCUT2D eigenvalue weighted by Gasteiger charge is -2.33. The van der Waals surface area contributed by atoms with Gasteiger partial charge in [0, 0.05) is 37.8 Å². The Labute approximate surface area is 216 Å². The lowest BCUT2D eigenvalue weighted by Crippen LogP contribution is -2.45. The van der Waals surface area contributed by atoms with E-state index in [1.807, 2.05) is 0 Å². The second-order valence-corrected chi connectivity index (χ2v) is 10.4. The number of carbonyl (C=O) groups excluding carboxylic acids is 2. The molecular weight excluding hydrogens is 448 g/mol. The molecule has 0 unspecified atom stereocenters. The van der Waals surface area contributed by atoms with Gasteiger partial charge in [-0.1, -0.05) is 74.2 Å². The molecule has 1 fully saturated rings. The minimum atomic E-state index is -0.211. The van der Waals surface area contributed by atoms with Crippen LogP contribution in [-0.4, -0.2) is 54.3 Å². The first kappa shape index (κ1) is 26.2. The van der Waals surface area contributed by atoms with E-state index in [4.69, 9.17) is 5.73 Å². The molecule has 6 nitrogen and oxygen atoms in total. The van der Waals surface area contributed by atoms with Gasteiger partial charge >= 0.3 is 0 Å². The molecule has 2 aromatic rings. The molecule has 36 heavy (non-hydrogen) atoms. The fourth-order valence-electron chi connectivity index (χ4n) is 5.52. The fraction of sp³-hybridized carbons (Fsp3) is 0.533. The monoisotopic (exact) mass is 490 g/mol.